The Morgan fingerprint density at radius 3 is 2.80 bits per heavy atom. The molecule has 0 aromatic carbocycles. The summed E-state index contributed by atoms with van der Waals surface area (Å²) < 4.78 is 1.84. The van der Waals surface area contributed by atoms with Gasteiger partial charge >= 0.3 is 0 Å². The molecule has 0 unspecified atom stereocenters. The first-order valence-electron chi connectivity index (χ1n) is 5.03. The van der Waals surface area contributed by atoms with E-state index >= 15 is 0 Å². The topological polar surface area (TPSA) is 66.5 Å². The summed E-state index contributed by atoms with van der Waals surface area (Å²) in [4.78, 5) is 0. The summed E-state index contributed by atoms with van der Waals surface area (Å²) in [6.07, 6.45) is 2.45. The number of hydrogen-bond donors (Lipinski definition) is 1. The highest BCUT2D eigenvalue weighted by molar-refractivity contribution is 4.94. The zero-order valence-corrected chi connectivity index (χ0v) is 9.49. The van der Waals surface area contributed by atoms with Gasteiger partial charge in [0.2, 0.25) is 0 Å². The van der Waals surface area contributed by atoms with E-state index < -0.39 is 0 Å². The van der Waals surface area contributed by atoms with Crippen LogP contribution in [-0.4, -0.2) is 21.5 Å². The summed E-state index contributed by atoms with van der Waals surface area (Å²) in [6.45, 7) is 7.59. The van der Waals surface area contributed by atoms with Gasteiger partial charge in [-0.15, -0.1) is 5.10 Å². The minimum absolute atomic E-state index is 0.0299. The molecule has 1 rings (SSSR count). The van der Waals surface area contributed by atoms with Crippen molar-refractivity contribution in [3.63, 3.8) is 0 Å². The zero-order chi connectivity index (χ0) is 11.3. The molecule has 0 saturated carbocycles. The Balaban J connectivity index is 2.44. The van der Waals surface area contributed by atoms with Gasteiger partial charge in [-0.25, -0.2) is 4.68 Å². The minimum Gasteiger partial charge on any atom is -0.310 e. The van der Waals surface area contributed by atoms with Crippen molar-refractivity contribution in [2.24, 2.45) is 0 Å². The largest absolute Gasteiger partial charge is 0.310 e. The van der Waals surface area contributed by atoms with Crippen LogP contribution in [0.15, 0.2) is 6.20 Å². The van der Waals surface area contributed by atoms with Gasteiger partial charge in [-0.2, -0.15) is 5.26 Å². The van der Waals surface area contributed by atoms with E-state index in [4.69, 9.17) is 5.26 Å². The normalized spacial score (nSPS) is 11.3. The van der Waals surface area contributed by atoms with Crippen LogP contribution in [0, 0.1) is 11.3 Å². The van der Waals surface area contributed by atoms with Crippen molar-refractivity contribution in [2.45, 2.75) is 39.3 Å². The number of hydrogen-bond acceptors (Lipinski definition) is 4. The smallest absolute Gasteiger partial charge is 0.0965 e. The quantitative estimate of drug-likeness (QED) is 0.749. The lowest BCUT2D eigenvalue weighted by atomic mass is 10.1. The van der Waals surface area contributed by atoms with E-state index in [1.807, 2.05) is 10.9 Å². The molecule has 0 aliphatic heterocycles. The van der Waals surface area contributed by atoms with Crippen molar-refractivity contribution < 1.29 is 0 Å². The predicted molar refractivity (Wildman–Crippen MR) is 57.0 cm³/mol. The average Bonchev–Trinajstić information content (AvgIpc) is 2.60. The van der Waals surface area contributed by atoms with Crippen LogP contribution in [-0.2, 0) is 12.1 Å². The lowest BCUT2D eigenvalue weighted by Gasteiger charge is -2.17. The highest BCUT2D eigenvalue weighted by atomic mass is 15.4. The number of rotatable bonds is 4. The third-order valence-corrected chi connectivity index (χ3v) is 1.95. The molecule has 0 saturated heterocycles. The summed E-state index contributed by atoms with van der Waals surface area (Å²) in [5.74, 6) is 0. The van der Waals surface area contributed by atoms with Crippen LogP contribution in [0.4, 0.5) is 0 Å². The van der Waals surface area contributed by atoms with Crippen molar-refractivity contribution in [3.8, 4) is 6.07 Å². The number of nitriles is 1. The number of aromatic nitrogens is 3. The van der Waals surface area contributed by atoms with Gasteiger partial charge in [0.15, 0.2) is 0 Å². The standard InChI is InChI=1S/C10H17N5/c1-10(2,3)15-8-9(13-14-15)7-12-6-4-5-11/h8,12H,4,6-7H2,1-3H3. The van der Waals surface area contributed by atoms with Gasteiger partial charge in [-0.1, -0.05) is 5.21 Å². The van der Waals surface area contributed by atoms with E-state index in [9.17, 15) is 0 Å². The molecule has 0 aliphatic carbocycles. The van der Waals surface area contributed by atoms with Crippen LogP contribution in [0.5, 0.6) is 0 Å². The summed E-state index contributed by atoms with van der Waals surface area (Å²) >= 11 is 0. The maximum Gasteiger partial charge on any atom is 0.0965 e. The molecule has 5 nitrogen and oxygen atoms in total. The monoisotopic (exact) mass is 207 g/mol. The molecule has 0 aliphatic rings. The Bertz CT molecular complexity index is 341. The van der Waals surface area contributed by atoms with Gasteiger partial charge in [0.05, 0.1) is 23.5 Å². The molecular formula is C10H17N5. The molecule has 15 heavy (non-hydrogen) atoms. The molecule has 0 atom stereocenters. The van der Waals surface area contributed by atoms with E-state index in [0.717, 1.165) is 5.69 Å². The van der Waals surface area contributed by atoms with Gasteiger partial charge < -0.3 is 5.32 Å². The van der Waals surface area contributed by atoms with Gasteiger partial charge in [-0.3, -0.25) is 0 Å². The molecule has 0 bridgehead atoms. The van der Waals surface area contributed by atoms with Gasteiger partial charge in [0, 0.05) is 19.5 Å². The summed E-state index contributed by atoms with van der Waals surface area (Å²) in [5.41, 5.74) is 0.876. The molecule has 0 amide bonds. The van der Waals surface area contributed by atoms with Crippen LogP contribution in [0.2, 0.25) is 0 Å². The molecule has 1 aromatic heterocycles. The van der Waals surface area contributed by atoms with Crippen LogP contribution >= 0.6 is 0 Å². The second-order valence-corrected chi connectivity index (χ2v) is 4.41. The molecule has 1 aromatic rings. The molecular weight excluding hydrogens is 190 g/mol. The second-order valence-electron chi connectivity index (χ2n) is 4.41. The van der Waals surface area contributed by atoms with Crippen LogP contribution in [0.1, 0.15) is 32.9 Å². The Labute approximate surface area is 90.1 Å². The number of nitrogens with one attached hydrogen (secondary N) is 1. The van der Waals surface area contributed by atoms with Crippen LogP contribution < -0.4 is 5.32 Å². The van der Waals surface area contributed by atoms with E-state index in [0.29, 0.717) is 19.5 Å². The van der Waals surface area contributed by atoms with E-state index in [1.54, 1.807) is 0 Å². The Morgan fingerprint density at radius 2 is 2.27 bits per heavy atom. The van der Waals surface area contributed by atoms with Crippen molar-refractivity contribution in [1.82, 2.24) is 20.3 Å². The third kappa shape index (κ3) is 3.68. The fourth-order valence-electron chi connectivity index (χ4n) is 1.07. The molecule has 0 fully saturated rings. The predicted octanol–water partition coefficient (Wildman–Crippen LogP) is 1.04. The SMILES string of the molecule is CC(C)(C)n1cc(CNCCC#N)nn1. The Hall–Kier alpha value is -1.41. The lowest BCUT2D eigenvalue weighted by Crippen LogP contribution is -2.22. The van der Waals surface area contributed by atoms with Crippen molar-refractivity contribution in [3.05, 3.63) is 11.9 Å². The van der Waals surface area contributed by atoms with Crippen LogP contribution in [0.3, 0.4) is 0 Å². The van der Waals surface area contributed by atoms with Crippen LogP contribution in [0.25, 0.3) is 0 Å². The zero-order valence-electron chi connectivity index (χ0n) is 9.49. The highest BCUT2D eigenvalue weighted by Gasteiger charge is 2.14. The Kier molecular flexibility index (Phi) is 3.81. The first kappa shape index (κ1) is 11.7. The molecule has 0 spiro atoms. The fraction of sp³-hybridized carbons (Fsp3) is 0.700. The number of nitrogens with zero attached hydrogens (tertiary/aromatic N) is 4. The van der Waals surface area contributed by atoms with Gasteiger partial charge in [-0.05, 0) is 20.8 Å². The maximum atomic E-state index is 8.35. The molecule has 0 radical (unpaired) electrons. The summed E-state index contributed by atoms with van der Waals surface area (Å²) in [6, 6.07) is 2.08. The third-order valence-electron chi connectivity index (χ3n) is 1.95. The highest BCUT2D eigenvalue weighted by Crippen LogP contribution is 2.11. The van der Waals surface area contributed by atoms with E-state index in [2.05, 4.69) is 42.5 Å². The molecule has 1 heterocycles. The molecule has 5 heteroatoms. The second kappa shape index (κ2) is 4.89. The van der Waals surface area contributed by atoms with E-state index in [-0.39, 0.29) is 5.54 Å². The summed E-state index contributed by atoms with van der Waals surface area (Å²) in [5, 5.41) is 19.6. The van der Waals surface area contributed by atoms with Crippen molar-refractivity contribution in [2.75, 3.05) is 6.54 Å². The van der Waals surface area contributed by atoms with E-state index in [1.165, 1.54) is 0 Å². The average molecular weight is 207 g/mol. The summed E-state index contributed by atoms with van der Waals surface area (Å²) in [7, 11) is 0. The van der Waals surface area contributed by atoms with Gasteiger partial charge in [0.1, 0.15) is 0 Å². The Morgan fingerprint density at radius 1 is 1.53 bits per heavy atom. The fourth-order valence-corrected chi connectivity index (χ4v) is 1.07. The van der Waals surface area contributed by atoms with Crippen molar-refractivity contribution in [1.29, 1.82) is 5.26 Å². The maximum absolute atomic E-state index is 8.35. The first-order chi connectivity index (χ1) is 7.04. The molecule has 82 valence electrons. The van der Waals surface area contributed by atoms with Gasteiger partial charge in [0.25, 0.3) is 0 Å². The lowest BCUT2D eigenvalue weighted by molar-refractivity contribution is 0.347. The first-order valence-corrected chi connectivity index (χ1v) is 5.03. The van der Waals surface area contributed by atoms with Crippen molar-refractivity contribution >= 4 is 0 Å². The molecule has 1 N–H and O–H groups in total. The minimum atomic E-state index is -0.0299.